The molecule has 2 rings (SSSR count). The first kappa shape index (κ1) is 19.0. The van der Waals surface area contributed by atoms with Gasteiger partial charge in [0.2, 0.25) is 0 Å². The maximum absolute atomic E-state index is 12.2. The van der Waals surface area contributed by atoms with Crippen molar-refractivity contribution in [1.29, 1.82) is 5.26 Å². The topological polar surface area (TPSA) is 79.6 Å². The minimum Gasteiger partial charge on any atom is -0.451 e. The third-order valence-electron chi connectivity index (χ3n) is 3.62. The van der Waals surface area contributed by atoms with Crippen LogP contribution >= 0.6 is 11.6 Å². The van der Waals surface area contributed by atoms with Crippen LogP contribution in [0.5, 0.6) is 0 Å². The van der Waals surface area contributed by atoms with Gasteiger partial charge in [0.05, 0.1) is 12.2 Å². The molecule has 1 aromatic rings. The fraction of sp³-hybridized carbons (Fsp3) is 0.389. The second kappa shape index (κ2) is 8.65. The molecule has 0 aliphatic carbocycles. The van der Waals surface area contributed by atoms with Gasteiger partial charge >= 0.3 is 5.97 Å². The van der Waals surface area contributed by atoms with E-state index >= 15 is 0 Å². The van der Waals surface area contributed by atoms with Gasteiger partial charge in [-0.2, -0.15) is 5.26 Å². The molecule has 0 bridgehead atoms. The molecule has 1 fully saturated rings. The molecule has 0 saturated carbocycles. The minimum absolute atomic E-state index is 0.0668. The average Bonchev–Trinajstić information content (AvgIpc) is 2.58. The average molecular weight is 363 g/mol. The second-order valence-electron chi connectivity index (χ2n) is 5.85. The van der Waals surface area contributed by atoms with Gasteiger partial charge in [0.1, 0.15) is 11.6 Å². The molecule has 7 heteroatoms. The van der Waals surface area contributed by atoms with Crippen LogP contribution in [0.3, 0.4) is 0 Å². The number of carbonyl (C=O) groups excluding carboxylic acids is 2. The Balaban J connectivity index is 1.94. The maximum Gasteiger partial charge on any atom is 0.349 e. The Morgan fingerprint density at radius 3 is 2.48 bits per heavy atom. The van der Waals surface area contributed by atoms with E-state index in [2.05, 4.69) is 0 Å². The van der Waals surface area contributed by atoms with Crippen molar-refractivity contribution in [2.24, 2.45) is 0 Å². The first-order valence-electron chi connectivity index (χ1n) is 7.86. The molecule has 1 aliphatic heterocycles. The molecule has 1 aromatic carbocycles. The Labute approximate surface area is 151 Å². The number of ether oxygens (including phenoxy) is 2. The number of rotatable bonds is 4. The highest BCUT2D eigenvalue weighted by atomic mass is 35.5. The highest BCUT2D eigenvalue weighted by Crippen LogP contribution is 2.14. The van der Waals surface area contributed by atoms with Gasteiger partial charge in [-0.25, -0.2) is 4.79 Å². The summed E-state index contributed by atoms with van der Waals surface area (Å²) in [6.45, 7) is 4.26. The van der Waals surface area contributed by atoms with Crippen molar-refractivity contribution in [1.82, 2.24) is 4.90 Å². The van der Waals surface area contributed by atoms with Crippen molar-refractivity contribution in [2.75, 3.05) is 19.7 Å². The number of esters is 1. The minimum atomic E-state index is -0.833. The molecular weight excluding hydrogens is 344 g/mol. The van der Waals surface area contributed by atoms with E-state index in [0.29, 0.717) is 23.7 Å². The maximum atomic E-state index is 12.2. The summed E-state index contributed by atoms with van der Waals surface area (Å²) in [6.07, 6.45) is 1.26. The summed E-state index contributed by atoms with van der Waals surface area (Å²) < 4.78 is 10.5. The normalized spacial score (nSPS) is 20.7. The van der Waals surface area contributed by atoms with E-state index < -0.39 is 12.6 Å². The summed E-state index contributed by atoms with van der Waals surface area (Å²) in [5, 5.41) is 9.69. The van der Waals surface area contributed by atoms with Crippen LogP contribution in [-0.2, 0) is 19.1 Å². The molecule has 0 spiro atoms. The molecule has 0 unspecified atom stereocenters. The summed E-state index contributed by atoms with van der Waals surface area (Å²) in [6, 6.07) is 8.44. The summed E-state index contributed by atoms with van der Waals surface area (Å²) in [4.78, 5) is 25.8. The van der Waals surface area contributed by atoms with Gasteiger partial charge in [-0.05, 0) is 37.6 Å². The summed E-state index contributed by atoms with van der Waals surface area (Å²) in [5.74, 6) is -1.14. The Morgan fingerprint density at radius 1 is 1.32 bits per heavy atom. The van der Waals surface area contributed by atoms with Crippen molar-refractivity contribution < 1.29 is 19.1 Å². The molecule has 25 heavy (non-hydrogen) atoms. The molecule has 1 saturated heterocycles. The summed E-state index contributed by atoms with van der Waals surface area (Å²) in [5.41, 5.74) is 0.457. The Kier molecular flexibility index (Phi) is 6.57. The van der Waals surface area contributed by atoms with Crippen LogP contribution in [0.4, 0.5) is 0 Å². The molecule has 0 radical (unpaired) electrons. The van der Waals surface area contributed by atoms with Gasteiger partial charge in [-0.15, -0.1) is 0 Å². The monoisotopic (exact) mass is 362 g/mol. The van der Waals surface area contributed by atoms with Crippen LogP contribution in [0.2, 0.25) is 5.02 Å². The number of nitriles is 1. The number of hydrogen-bond acceptors (Lipinski definition) is 5. The van der Waals surface area contributed by atoms with Gasteiger partial charge in [0, 0.05) is 18.1 Å². The number of nitrogens with zero attached hydrogens (tertiary/aromatic N) is 2. The van der Waals surface area contributed by atoms with Crippen LogP contribution in [0.15, 0.2) is 29.8 Å². The zero-order chi connectivity index (χ0) is 18.4. The molecule has 132 valence electrons. The highest BCUT2D eigenvalue weighted by Gasteiger charge is 2.26. The van der Waals surface area contributed by atoms with Gasteiger partial charge in [0.25, 0.3) is 5.91 Å². The third-order valence-corrected chi connectivity index (χ3v) is 3.87. The standard InChI is InChI=1S/C18H19ClN2O4/c1-12-9-21(10-13(2)25-12)17(22)11-24-18(23)15(8-20)7-14-3-5-16(19)6-4-14/h3-7,12-13H,9-11H2,1-2H3/b15-7+/t12-,13-/m0/s1. The van der Waals surface area contributed by atoms with Gasteiger partial charge in [0.15, 0.2) is 6.61 Å². The number of hydrogen-bond donors (Lipinski definition) is 0. The van der Waals surface area contributed by atoms with Crippen molar-refractivity contribution >= 4 is 29.6 Å². The van der Waals surface area contributed by atoms with Crippen molar-refractivity contribution in [3.8, 4) is 6.07 Å². The van der Waals surface area contributed by atoms with E-state index in [1.807, 2.05) is 13.8 Å². The largest absolute Gasteiger partial charge is 0.451 e. The zero-order valence-corrected chi connectivity index (χ0v) is 14.8. The molecule has 0 aromatic heterocycles. The van der Waals surface area contributed by atoms with Crippen LogP contribution in [0.1, 0.15) is 19.4 Å². The van der Waals surface area contributed by atoms with Crippen LogP contribution in [0, 0.1) is 11.3 Å². The predicted octanol–water partition coefficient (Wildman–Crippen LogP) is 2.43. The number of amides is 1. The molecule has 1 amide bonds. The highest BCUT2D eigenvalue weighted by molar-refractivity contribution is 6.30. The van der Waals surface area contributed by atoms with Crippen molar-refractivity contribution in [3.63, 3.8) is 0 Å². The van der Waals surface area contributed by atoms with Crippen molar-refractivity contribution in [2.45, 2.75) is 26.1 Å². The zero-order valence-electron chi connectivity index (χ0n) is 14.1. The number of halogens is 1. The van der Waals surface area contributed by atoms with Crippen LogP contribution < -0.4 is 0 Å². The van der Waals surface area contributed by atoms with E-state index in [9.17, 15) is 9.59 Å². The predicted molar refractivity (Wildman–Crippen MR) is 92.6 cm³/mol. The fourth-order valence-electron chi connectivity index (χ4n) is 2.54. The Morgan fingerprint density at radius 2 is 1.92 bits per heavy atom. The van der Waals surface area contributed by atoms with E-state index in [0.717, 1.165) is 0 Å². The summed E-state index contributed by atoms with van der Waals surface area (Å²) in [7, 11) is 0. The first-order valence-corrected chi connectivity index (χ1v) is 8.24. The SMILES string of the molecule is C[C@H]1CN(C(=O)COC(=O)/C(C#N)=C/c2ccc(Cl)cc2)C[C@H](C)O1. The Bertz CT molecular complexity index is 699. The fourth-order valence-corrected chi connectivity index (χ4v) is 2.67. The number of carbonyl (C=O) groups is 2. The van der Waals surface area contributed by atoms with E-state index in [-0.39, 0.29) is 23.7 Å². The lowest BCUT2D eigenvalue weighted by Crippen LogP contribution is -2.49. The molecule has 0 N–H and O–H groups in total. The van der Waals surface area contributed by atoms with Crippen LogP contribution in [-0.4, -0.2) is 48.7 Å². The van der Waals surface area contributed by atoms with E-state index in [1.165, 1.54) is 6.08 Å². The lowest BCUT2D eigenvalue weighted by atomic mass is 10.1. The van der Waals surface area contributed by atoms with E-state index in [1.54, 1.807) is 35.2 Å². The van der Waals surface area contributed by atoms with E-state index in [4.69, 9.17) is 26.3 Å². The summed E-state index contributed by atoms with van der Waals surface area (Å²) >= 11 is 5.80. The van der Waals surface area contributed by atoms with Gasteiger partial charge < -0.3 is 14.4 Å². The third kappa shape index (κ3) is 5.59. The number of morpholine rings is 1. The molecular formula is C18H19ClN2O4. The lowest BCUT2D eigenvalue weighted by Gasteiger charge is -2.35. The lowest BCUT2D eigenvalue weighted by molar-refractivity contribution is -0.154. The quantitative estimate of drug-likeness (QED) is 0.467. The second-order valence-corrected chi connectivity index (χ2v) is 6.29. The smallest absolute Gasteiger partial charge is 0.349 e. The van der Waals surface area contributed by atoms with Gasteiger partial charge in [-0.1, -0.05) is 23.7 Å². The molecule has 1 aliphatic rings. The number of benzene rings is 1. The Hall–Kier alpha value is -2.36. The molecule has 1 heterocycles. The molecule has 6 nitrogen and oxygen atoms in total. The first-order chi connectivity index (χ1) is 11.9. The van der Waals surface area contributed by atoms with Crippen molar-refractivity contribution in [3.05, 3.63) is 40.4 Å². The van der Waals surface area contributed by atoms with Crippen LogP contribution in [0.25, 0.3) is 6.08 Å². The van der Waals surface area contributed by atoms with Gasteiger partial charge in [-0.3, -0.25) is 4.79 Å². The molecule has 2 atom stereocenters.